The molecule has 1 aromatic carbocycles. The number of aromatic nitrogens is 1. The van der Waals surface area contributed by atoms with Gasteiger partial charge in [-0.3, -0.25) is 9.10 Å². The third-order valence-electron chi connectivity index (χ3n) is 5.10. The number of morpholine rings is 1. The maximum Gasteiger partial charge on any atom is 0.232 e. The summed E-state index contributed by atoms with van der Waals surface area (Å²) in [7, 11) is -3.29. The van der Waals surface area contributed by atoms with E-state index in [1.165, 1.54) is 21.9 Å². The molecule has 0 aliphatic carbocycles. The highest BCUT2D eigenvalue weighted by Crippen LogP contribution is 2.37. The Balaban J connectivity index is 1.52. The predicted octanol–water partition coefficient (Wildman–Crippen LogP) is 1.92. The van der Waals surface area contributed by atoms with Crippen molar-refractivity contribution in [1.82, 2.24) is 9.88 Å². The Labute approximate surface area is 169 Å². The summed E-state index contributed by atoms with van der Waals surface area (Å²) in [4.78, 5) is 18.9. The fourth-order valence-electron chi connectivity index (χ4n) is 3.85. The van der Waals surface area contributed by atoms with Crippen LogP contribution < -0.4 is 4.31 Å². The minimum atomic E-state index is -3.29. The highest BCUT2D eigenvalue weighted by atomic mass is 32.2. The number of carbonyl (C=O) groups excluding carboxylic acids is 1. The molecule has 1 fully saturated rings. The normalized spacial score (nSPS) is 19.7. The summed E-state index contributed by atoms with van der Waals surface area (Å²) >= 11 is 1.48. The molecule has 7 nitrogen and oxygen atoms in total. The fraction of sp³-hybridized carbons (Fsp3) is 0.474. The van der Waals surface area contributed by atoms with Crippen molar-refractivity contribution < 1.29 is 17.9 Å². The van der Waals surface area contributed by atoms with Gasteiger partial charge in [-0.15, -0.1) is 11.3 Å². The molecule has 0 spiro atoms. The first-order valence-electron chi connectivity index (χ1n) is 9.25. The number of carbonyl (C=O) groups is 1. The van der Waals surface area contributed by atoms with E-state index in [0.717, 1.165) is 27.5 Å². The number of anilines is 1. The van der Waals surface area contributed by atoms with E-state index >= 15 is 0 Å². The molecular weight excluding hydrogens is 398 g/mol. The largest absolute Gasteiger partial charge is 0.378 e. The van der Waals surface area contributed by atoms with Gasteiger partial charge in [-0.1, -0.05) is 6.07 Å². The van der Waals surface area contributed by atoms with Crippen molar-refractivity contribution >= 4 is 33.0 Å². The van der Waals surface area contributed by atoms with Crippen LogP contribution in [-0.2, 0) is 32.4 Å². The van der Waals surface area contributed by atoms with Gasteiger partial charge in [-0.25, -0.2) is 13.4 Å². The number of thiazole rings is 1. The molecule has 0 bridgehead atoms. The number of amides is 1. The van der Waals surface area contributed by atoms with Gasteiger partial charge >= 0.3 is 0 Å². The second-order valence-corrected chi connectivity index (χ2v) is 10.1. The Bertz CT molecular complexity index is 996. The van der Waals surface area contributed by atoms with Crippen LogP contribution in [0.15, 0.2) is 23.6 Å². The third-order valence-corrected chi connectivity index (χ3v) is 7.22. The summed E-state index contributed by atoms with van der Waals surface area (Å²) < 4.78 is 30.9. The smallest absolute Gasteiger partial charge is 0.232 e. The van der Waals surface area contributed by atoms with Crippen molar-refractivity contribution in [2.24, 2.45) is 0 Å². The number of ether oxygens (including phenoxy) is 1. The summed E-state index contributed by atoms with van der Waals surface area (Å²) in [5, 5.41) is 2.74. The van der Waals surface area contributed by atoms with Crippen molar-refractivity contribution in [2.75, 3.05) is 36.9 Å². The van der Waals surface area contributed by atoms with Gasteiger partial charge in [-0.05, 0) is 31.0 Å². The van der Waals surface area contributed by atoms with Crippen LogP contribution in [-0.4, -0.2) is 62.8 Å². The third kappa shape index (κ3) is 3.78. The molecule has 3 heterocycles. The highest BCUT2D eigenvalue weighted by Gasteiger charge is 2.32. The quantitative estimate of drug-likeness (QED) is 0.754. The van der Waals surface area contributed by atoms with Gasteiger partial charge in [0.25, 0.3) is 0 Å². The van der Waals surface area contributed by atoms with Gasteiger partial charge in [0.15, 0.2) is 0 Å². The van der Waals surface area contributed by atoms with E-state index in [4.69, 9.17) is 4.74 Å². The van der Waals surface area contributed by atoms with Gasteiger partial charge in [0.1, 0.15) is 5.01 Å². The molecule has 0 N–H and O–H groups in total. The van der Waals surface area contributed by atoms with Crippen LogP contribution in [0.25, 0.3) is 11.3 Å². The van der Waals surface area contributed by atoms with E-state index in [0.29, 0.717) is 39.1 Å². The maximum absolute atomic E-state index is 12.4. The number of hydrogen-bond acceptors (Lipinski definition) is 6. The van der Waals surface area contributed by atoms with Crippen LogP contribution in [0.2, 0.25) is 0 Å². The second kappa shape index (κ2) is 7.46. The van der Waals surface area contributed by atoms with Gasteiger partial charge in [0, 0.05) is 30.1 Å². The van der Waals surface area contributed by atoms with Crippen molar-refractivity contribution in [2.45, 2.75) is 25.8 Å². The maximum atomic E-state index is 12.4. The molecule has 150 valence electrons. The average molecular weight is 422 g/mol. The summed E-state index contributed by atoms with van der Waals surface area (Å²) in [6.45, 7) is 4.37. The van der Waals surface area contributed by atoms with Gasteiger partial charge in [-0.2, -0.15) is 0 Å². The lowest BCUT2D eigenvalue weighted by Gasteiger charge is -2.26. The Morgan fingerprint density at radius 1 is 1.32 bits per heavy atom. The lowest BCUT2D eigenvalue weighted by atomic mass is 10.1. The first-order chi connectivity index (χ1) is 13.3. The van der Waals surface area contributed by atoms with Crippen LogP contribution >= 0.6 is 11.3 Å². The molecule has 0 unspecified atom stereocenters. The van der Waals surface area contributed by atoms with E-state index in [2.05, 4.69) is 4.98 Å². The standard InChI is InChI=1S/C19H23N3O4S2/c1-13-9-15-10-14(3-4-17(15)22(13)28(2,24)25)16-12-27-18(20-16)11-19(23)21-5-7-26-8-6-21/h3-4,10,12-13H,5-9,11H2,1-2H3/t13-/m0/s1. The fourth-order valence-corrected chi connectivity index (χ4v) is 5.90. The van der Waals surface area contributed by atoms with E-state index in [1.54, 1.807) is 0 Å². The molecule has 1 aromatic heterocycles. The van der Waals surface area contributed by atoms with Crippen molar-refractivity contribution in [3.05, 3.63) is 34.2 Å². The molecule has 2 aromatic rings. The Kier molecular flexibility index (Phi) is 5.15. The monoisotopic (exact) mass is 421 g/mol. The zero-order chi connectivity index (χ0) is 19.9. The summed E-state index contributed by atoms with van der Waals surface area (Å²) in [5.74, 6) is 0.0794. The SMILES string of the molecule is C[C@H]1Cc2cc(-c3csc(CC(=O)N4CCOCC4)n3)ccc2N1S(C)(=O)=O. The highest BCUT2D eigenvalue weighted by molar-refractivity contribution is 7.92. The first-order valence-corrected chi connectivity index (χ1v) is 12.0. The van der Waals surface area contributed by atoms with E-state index in [-0.39, 0.29) is 11.9 Å². The number of rotatable bonds is 4. The average Bonchev–Trinajstić information content (AvgIpc) is 3.24. The second-order valence-electron chi connectivity index (χ2n) is 7.25. The number of hydrogen-bond donors (Lipinski definition) is 0. The van der Waals surface area contributed by atoms with Gasteiger partial charge in [0.2, 0.25) is 15.9 Å². The number of sulfonamides is 1. The zero-order valence-corrected chi connectivity index (χ0v) is 17.6. The molecule has 4 rings (SSSR count). The number of benzene rings is 1. The number of fused-ring (bicyclic) bond motifs is 1. The molecule has 1 atom stereocenters. The Morgan fingerprint density at radius 3 is 2.79 bits per heavy atom. The minimum absolute atomic E-state index is 0.0794. The van der Waals surface area contributed by atoms with Crippen molar-refractivity contribution in [3.63, 3.8) is 0 Å². The lowest BCUT2D eigenvalue weighted by molar-refractivity contribution is -0.134. The topological polar surface area (TPSA) is 79.8 Å². The first kappa shape index (κ1) is 19.4. The van der Waals surface area contributed by atoms with Crippen LogP contribution in [0.3, 0.4) is 0 Å². The van der Waals surface area contributed by atoms with Gasteiger partial charge < -0.3 is 9.64 Å². The predicted molar refractivity (Wildman–Crippen MR) is 109 cm³/mol. The molecule has 0 saturated carbocycles. The Morgan fingerprint density at radius 2 is 2.07 bits per heavy atom. The molecule has 28 heavy (non-hydrogen) atoms. The lowest BCUT2D eigenvalue weighted by Crippen LogP contribution is -2.41. The summed E-state index contributed by atoms with van der Waals surface area (Å²) in [6.07, 6.45) is 2.22. The van der Waals surface area contributed by atoms with E-state index in [1.807, 2.05) is 35.4 Å². The molecule has 1 saturated heterocycles. The molecule has 9 heteroatoms. The molecule has 0 radical (unpaired) electrons. The van der Waals surface area contributed by atoms with Crippen LogP contribution in [0.4, 0.5) is 5.69 Å². The molecule has 2 aliphatic heterocycles. The van der Waals surface area contributed by atoms with E-state index in [9.17, 15) is 13.2 Å². The van der Waals surface area contributed by atoms with Crippen LogP contribution in [0.5, 0.6) is 0 Å². The summed E-state index contributed by atoms with van der Waals surface area (Å²) in [5.41, 5.74) is 3.52. The van der Waals surface area contributed by atoms with Gasteiger partial charge in [0.05, 0.1) is 37.3 Å². The van der Waals surface area contributed by atoms with Crippen LogP contribution in [0, 0.1) is 0 Å². The van der Waals surface area contributed by atoms with Crippen molar-refractivity contribution in [1.29, 1.82) is 0 Å². The minimum Gasteiger partial charge on any atom is -0.378 e. The van der Waals surface area contributed by atoms with Crippen molar-refractivity contribution in [3.8, 4) is 11.3 Å². The van der Waals surface area contributed by atoms with E-state index < -0.39 is 10.0 Å². The molecule has 2 aliphatic rings. The Hall–Kier alpha value is -1.97. The zero-order valence-electron chi connectivity index (χ0n) is 15.9. The summed E-state index contributed by atoms with van der Waals surface area (Å²) in [6, 6.07) is 5.68. The number of nitrogens with zero attached hydrogens (tertiary/aromatic N) is 3. The molecular formula is C19H23N3O4S2. The molecule has 1 amide bonds. The van der Waals surface area contributed by atoms with Crippen LogP contribution in [0.1, 0.15) is 17.5 Å².